The number of anilines is 1. The zero-order valence-corrected chi connectivity index (χ0v) is 11.5. The van der Waals surface area contributed by atoms with Crippen molar-refractivity contribution in [1.29, 1.82) is 0 Å². The van der Waals surface area contributed by atoms with Crippen molar-refractivity contribution in [1.82, 2.24) is 9.55 Å². The number of fused-ring (bicyclic) bond motifs is 1. The summed E-state index contributed by atoms with van der Waals surface area (Å²) in [7, 11) is 0. The Labute approximate surface area is 112 Å². The van der Waals surface area contributed by atoms with Crippen LogP contribution >= 0.6 is 0 Å². The van der Waals surface area contributed by atoms with Crippen LogP contribution in [-0.4, -0.2) is 21.6 Å². The van der Waals surface area contributed by atoms with Gasteiger partial charge in [0.05, 0.1) is 17.1 Å². The van der Waals surface area contributed by atoms with Gasteiger partial charge in [0, 0.05) is 0 Å². The van der Waals surface area contributed by atoms with E-state index < -0.39 is 6.04 Å². The van der Waals surface area contributed by atoms with Gasteiger partial charge in [0.2, 0.25) is 5.95 Å². The highest BCUT2D eigenvalue weighted by Crippen LogP contribution is 2.25. The summed E-state index contributed by atoms with van der Waals surface area (Å²) in [6.45, 7) is 5.60. The first-order valence-electron chi connectivity index (χ1n) is 6.47. The minimum atomic E-state index is -0.435. The standard InChI is InChI=1S/C14H19N3O2/c1-4-11(13(18)19-9(2)3)17-12-8-6-5-7-10(12)16-14(17)15/h5-9,11H,4H2,1-3H3,(H2,15,16). The fourth-order valence-electron chi connectivity index (χ4n) is 2.16. The van der Waals surface area contributed by atoms with Gasteiger partial charge in [-0.05, 0) is 32.4 Å². The maximum absolute atomic E-state index is 12.2. The minimum Gasteiger partial charge on any atom is -0.461 e. The number of hydrogen-bond donors (Lipinski definition) is 1. The van der Waals surface area contributed by atoms with Crippen molar-refractivity contribution in [2.24, 2.45) is 0 Å². The predicted octanol–water partition coefficient (Wildman–Crippen LogP) is 2.52. The molecule has 0 radical (unpaired) electrons. The van der Waals surface area contributed by atoms with Gasteiger partial charge in [0.15, 0.2) is 0 Å². The third kappa shape index (κ3) is 2.54. The maximum atomic E-state index is 12.2. The van der Waals surface area contributed by atoms with Crippen molar-refractivity contribution in [2.45, 2.75) is 39.3 Å². The molecule has 0 aliphatic carbocycles. The summed E-state index contributed by atoms with van der Waals surface area (Å²) in [5.41, 5.74) is 7.58. The molecule has 0 aliphatic rings. The first-order valence-corrected chi connectivity index (χ1v) is 6.47. The summed E-state index contributed by atoms with van der Waals surface area (Å²) in [5, 5.41) is 0. The predicted molar refractivity (Wildman–Crippen MR) is 74.7 cm³/mol. The van der Waals surface area contributed by atoms with Crippen LogP contribution in [0.5, 0.6) is 0 Å². The van der Waals surface area contributed by atoms with Crippen LogP contribution in [0.4, 0.5) is 5.95 Å². The third-order valence-corrected chi connectivity index (χ3v) is 2.95. The molecule has 102 valence electrons. The quantitative estimate of drug-likeness (QED) is 0.858. The monoisotopic (exact) mass is 261 g/mol. The summed E-state index contributed by atoms with van der Waals surface area (Å²) in [6.07, 6.45) is 0.466. The molecule has 1 heterocycles. The molecular formula is C14H19N3O2. The van der Waals surface area contributed by atoms with E-state index in [0.29, 0.717) is 12.4 Å². The van der Waals surface area contributed by atoms with Crippen LogP contribution in [0.1, 0.15) is 33.2 Å². The Hall–Kier alpha value is -2.04. The largest absolute Gasteiger partial charge is 0.461 e. The summed E-state index contributed by atoms with van der Waals surface area (Å²) in [6, 6.07) is 7.15. The molecule has 0 saturated carbocycles. The number of carbonyl (C=O) groups excluding carboxylic acids is 1. The molecule has 1 unspecified atom stereocenters. The van der Waals surface area contributed by atoms with Crippen molar-refractivity contribution in [3.8, 4) is 0 Å². The Bertz CT molecular complexity index is 589. The van der Waals surface area contributed by atoms with Gasteiger partial charge in [0.25, 0.3) is 0 Å². The van der Waals surface area contributed by atoms with Crippen molar-refractivity contribution >= 4 is 23.0 Å². The van der Waals surface area contributed by atoms with Crippen LogP contribution in [0.15, 0.2) is 24.3 Å². The van der Waals surface area contributed by atoms with Crippen molar-refractivity contribution in [3.05, 3.63) is 24.3 Å². The molecule has 0 spiro atoms. The molecular weight excluding hydrogens is 242 g/mol. The lowest BCUT2D eigenvalue weighted by atomic mass is 10.2. The molecule has 2 N–H and O–H groups in total. The van der Waals surface area contributed by atoms with Crippen molar-refractivity contribution in [2.75, 3.05) is 5.73 Å². The van der Waals surface area contributed by atoms with Crippen LogP contribution in [0.2, 0.25) is 0 Å². The van der Waals surface area contributed by atoms with E-state index >= 15 is 0 Å². The van der Waals surface area contributed by atoms with E-state index in [9.17, 15) is 4.79 Å². The molecule has 5 heteroatoms. The number of nitrogen functional groups attached to an aromatic ring is 1. The summed E-state index contributed by atoms with van der Waals surface area (Å²) < 4.78 is 7.04. The van der Waals surface area contributed by atoms with Crippen LogP contribution in [0.25, 0.3) is 11.0 Å². The number of ether oxygens (including phenoxy) is 1. The van der Waals surface area contributed by atoms with Gasteiger partial charge in [0.1, 0.15) is 6.04 Å². The molecule has 0 fully saturated rings. The first-order chi connectivity index (χ1) is 9.04. The van der Waals surface area contributed by atoms with E-state index in [-0.39, 0.29) is 12.1 Å². The Morgan fingerprint density at radius 1 is 1.42 bits per heavy atom. The van der Waals surface area contributed by atoms with Gasteiger partial charge in [-0.1, -0.05) is 19.1 Å². The lowest BCUT2D eigenvalue weighted by Crippen LogP contribution is -2.25. The van der Waals surface area contributed by atoms with Crippen molar-refractivity contribution < 1.29 is 9.53 Å². The molecule has 1 aromatic heterocycles. The molecule has 5 nitrogen and oxygen atoms in total. The third-order valence-electron chi connectivity index (χ3n) is 2.95. The molecule has 1 atom stereocenters. The summed E-state index contributed by atoms with van der Waals surface area (Å²) in [4.78, 5) is 16.4. The molecule has 2 rings (SSSR count). The number of para-hydroxylation sites is 2. The highest BCUT2D eigenvalue weighted by atomic mass is 16.5. The van der Waals surface area contributed by atoms with E-state index in [0.717, 1.165) is 11.0 Å². The Morgan fingerprint density at radius 2 is 2.11 bits per heavy atom. The lowest BCUT2D eigenvalue weighted by molar-refractivity contribution is -0.151. The number of nitrogens with two attached hydrogens (primary N) is 1. The highest BCUT2D eigenvalue weighted by molar-refractivity contribution is 5.83. The molecule has 0 amide bonds. The molecule has 19 heavy (non-hydrogen) atoms. The second kappa shape index (κ2) is 5.30. The van der Waals surface area contributed by atoms with E-state index in [4.69, 9.17) is 10.5 Å². The number of rotatable bonds is 4. The Kier molecular flexibility index (Phi) is 3.74. The van der Waals surface area contributed by atoms with Gasteiger partial charge in [-0.3, -0.25) is 4.57 Å². The average molecular weight is 261 g/mol. The van der Waals surface area contributed by atoms with Crippen LogP contribution in [-0.2, 0) is 9.53 Å². The van der Waals surface area contributed by atoms with E-state index in [1.54, 1.807) is 4.57 Å². The van der Waals surface area contributed by atoms with Gasteiger partial charge in [-0.2, -0.15) is 0 Å². The van der Waals surface area contributed by atoms with E-state index in [2.05, 4.69) is 4.98 Å². The highest BCUT2D eigenvalue weighted by Gasteiger charge is 2.25. The molecule has 1 aromatic carbocycles. The summed E-state index contributed by atoms with van der Waals surface area (Å²) in [5.74, 6) is 0.0705. The Balaban J connectivity index is 2.46. The molecule has 0 saturated heterocycles. The minimum absolute atomic E-state index is 0.141. The lowest BCUT2D eigenvalue weighted by Gasteiger charge is -2.19. The fourth-order valence-corrected chi connectivity index (χ4v) is 2.16. The molecule has 0 bridgehead atoms. The van der Waals surface area contributed by atoms with Gasteiger partial charge < -0.3 is 10.5 Å². The topological polar surface area (TPSA) is 70.1 Å². The zero-order chi connectivity index (χ0) is 14.0. The van der Waals surface area contributed by atoms with Gasteiger partial charge in [-0.15, -0.1) is 0 Å². The van der Waals surface area contributed by atoms with Crippen LogP contribution in [0.3, 0.4) is 0 Å². The molecule has 0 aliphatic heterocycles. The zero-order valence-electron chi connectivity index (χ0n) is 11.5. The normalized spacial score (nSPS) is 12.8. The fraction of sp³-hybridized carbons (Fsp3) is 0.429. The number of carbonyl (C=O) groups is 1. The van der Waals surface area contributed by atoms with Gasteiger partial charge >= 0.3 is 5.97 Å². The van der Waals surface area contributed by atoms with Crippen LogP contribution in [0, 0.1) is 0 Å². The second-order valence-corrected chi connectivity index (χ2v) is 4.74. The maximum Gasteiger partial charge on any atom is 0.329 e. The number of esters is 1. The number of imidazole rings is 1. The van der Waals surface area contributed by atoms with E-state index in [1.165, 1.54) is 0 Å². The average Bonchev–Trinajstić information content (AvgIpc) is 2.66. The van der Waals surface area contributed by atoms with Gasteiger partial charge in [-0.25, -0.2) is 9.78 Å². The first kappa shape index (κ1) is 13.4. The number of aromatic nitrogens is 2. The van der Waals surface area contributed by atoms with E-state index in [1.807, 2.05) is 45.0 Å². The number of benzene rings is 1. The van der Waals surface area contributed by atoms with Crippen molar-refractivity contribution in [3.63, 3.8) is 0 Å². The number of nitrogens with zero attached hydrogens (tertiary/aromatic N) is 2. The van der Waals surface area contributed by atoms with Crippen LogP contribution < -0.4 is 5.73 Å². The molecule has 2 aromatic rings. The second-order valence-electron chi connectivity index (χ2n) is 4.74. The smallest absolute Gasteiger partial charge is 0.329 e. The summed E-state index contributed by atoms with van der Waals surface area (Å²) >= 11 is 0. The Morgan fingerprint density at radius 3 is 2.74 bits per heavy atom. The SMILES string of the molecule is CCC(C(=O)OC(C)C)n1c(N)nc2ccccc21. The number of hydrogen-bond acceptors (Lipinski definition) is 4.